The third kappa shape index (κ3) is 4.45. The van der Waals surface area contributed by atoms with E-state index in [4.69, 9.17) is 10.5 Å². The van der Waals surface area contributed by atoms with Gasteiger partial charge in [0, 0.05) is 0 Å². The number of anilines is 1. The molecular formula is C19H22F2N4O3. The first-order chi connectivity index (χ1) is 13.3. The van der Waals surface area contributed by atoms with Gasteiger partial charge in [-0.25, -0.2) is 18.8 Å². The molecule has 4 rings (SSSR count). The molecule has 1 aromatic heterocycles. The van der Waals surface area contributed by atoms with Crippen molar-refractivity contribution in [3.63, 3.8) is 0 Å². The van der Waals surface area contributed by atoms with Gasteiger partial charge in [-0.3, -0.25) is 9.59 Å². The average Bonchev–Trinajstić information content (AvgIpc) is 3.51. The van der Waals surface area contributed by atoms with Crippen LogP contribution < -0.4 is 15.4 Å². The topological polar surface area (TPSA) is 97.9 Å². The largest absolute Gasteiger partial charge is 0.476 e. The lowest BCUT2D eigenvalue weighted by Gasteiger charge is -2.40. The molecule has 150 valence electrons. The molecule has 0 aromatic carbocycles. The maximum Gasteiger partial charge on any atom is 0.296 e. The highest BCUT2D eigenvalue weighted by atomic mass is 19.3. The summed E-state index contributed by atoms with van der Waals surface area (Å²) in [7, 11) is 0. The Balaban J connectivity index is 1.55. The standard InChI is InChI=1S/C19H22F2N4O3/c20-19(21)9-25(10-19)15-6-5-13(24-18(15)28-8-12-3-4-12)17(27)23-14(16(22)26)7-11-1-2-11/h5-6,11-12H,1-4,7-10H2,(H2,22,26). The van der Waals surface area contributed by atoms with Crippen LogP contribution in [0.15, 0.2) is 17.1 Å². The molecule has 2 N–H and O–H groups in total. The van der Waals surface area contributed by atoms with Gasteiger partial charge < -0.3 is 15.4 Å². The summed E-state index contributed by atoms with van der Waals surface area (Å²) < 4.78 is 32.2. The average molecular weight is 392 g/mol. The first-order valence-corrected chi connectivity index (χ1v) is 9.49. The number of ether oxygens (including phenoxy) is 1. The van der Waals surface area contributed by atoms with Crippen molar-refractivity contribution in [1.29, 1.82) is 0 Å². The number of hydrogen-bond acceptors (Lipinski definition) is 5. The minimum Gasteiger partial charge on any atom is -0.476 e. The Labute approximate surface area is 161 Å². The van der Waals surface area contributed by atoms with Crippen LogP contribution in [-0.4, -0.2) is 48.1 Å². The molecule has 0 unspecified atom stereocenters. The lowest BCUT2D eigenvalue weighted by atomic mass is 10.1. The molecule has 2 heterocycles. The number of rotatable bonds is 8. The lowest BCUT2D eigenvalue weighted by Crippen LogP contribution is -2.56. The summed E-state index contributed by atoms with van der Waals surface area (Å²) >= 11 is 0. The smallest absolute Gasteiger partial charge is 0.296 e. The summed E-state index contributed by atoms with van der Waals surface area (Å²) in [5, 5.41) is 0. The van der Waals surface area contributed by atoms with Crippen LogP contribution in [0.1, 0.15) is 42.6 Å². The highest BCUT2D eigenvalue weighted by Crippen LogP contribution is 2.38. The van der Waals surface area contributed by atoms with E-state index in [2.05, 4.69) is 9.98 Å². The van der Waals surface area contributed by atoms with Gasteiger partial charge in [0.25, 0.3) is 17.7 Å². The van der Waals surface area contributed by atoms with Crippen LogP contribution in [0.4, 0.5) is 14.5 Å². The van der Waals surface area contributed by atoms with Crippen molar-refractivity contribution >= 4 is 23.2 Å². The number of pyridine rings is 1. The molecule has 0 radical (unpaired) electrons. The van der Waals surface area contributed by atoms with Gasteiger partial charge in [-0.2, -0.15) is 0 Å². The van der Waals surface area contributed by atoms with Gasteiger partial charge in [-0.05, 0) is 56.1 Å². The highest BCUT2D eigenvalue weighted by Gasteiger charge is 2.45. The van der Waals surface area contributed by atoms with E-state index in [9.17, 15) is 18.4 Å². The molecule has 1 aliphatic heterocycles. The summed E-state index contributed by atoms with van der Waals surface area (Å²) in [6.45, 7) is -0.389. The predicted octanol–water partition coefficient (Wildman–Crippen LogP) is 2.19. The normalized spacial score (nSPS) is 21.2. The fourth-order valence-corrected chi connectivity index (χ4v) is 3.04. The molecule has 3 aliphatic rings. The lowest BCUT2D eigenvalue weighted by molar-refractivity contribution is -0.112. The number of nitrogens with two attached hydrogens (primary N) is 1. The second-order valence-corrected chi connectivity index (χ2v) is 7.86. The van der Waals surface area contributed by atoms with E-state index in [1.807, 2.05) is 0 Å². The third-order valence-electron chi connectivity index (χ3n) is 5.10. The second-order valence-electron chi connectivity index (χ2n) is 7.86. The maximum absolute atomic E-state index is 13.2. The number of carbonyl (C=O) groups is 2. The zero-order valence-electron chi connectivity index (χ0n) is 15.4. The fourth-order valence-electron chi connectivity index (χ4n) is 3.04. The van der Waals surface area contributed by atoms with Gasteiger partial charge in [0.05, 0.1) is 19.7 Å². The molecule has 28 heavy (non-hydrogen) atoms. The molecule has 0 atom stereocenters. The molecule has 2 saturated carbocycles. The first-order valence-electron chi connectivity index (χ1n) is 9.49. The van der Waals surface area contributed by atoms with Gasteiger partial charge in [-0.1, -0.05) is 0 Å². The molecular weight excluding hydrogens is 370 g/mol. The van der Waals surface area contributed by atoms with Crippen LogP contribution in [0.25, 0.3) is 0 Å². The van der Waals surface area contributed by atoms with E-state index in [1.165, 1.54) is 17.0 Å². The van der Waals surface area contributed by atoms with Crippen LogP contribution in [0.5, 0.6) is 5.88 Å². The molecule has 7 nitrogen and oxygen atoms in total. The number of hydrogen-bond donors (Lipinski definition) is 1. The van der Waals surface area contributed by atoms with Crippen LogP contribution >= 0.6 is 0 Å². The Morgan fingerprint density at radius 2 is 1.89 bits per heavy atom. The van der Waals surface area contributed by atoms with E-state index in [0.717, 1.165) is 25.7 Å². The van der Waals surface area contributed by atoms with Crippen LogP contribution in [-0.2, 0) is 4.79 Å². The number of carbonyl (C=O) groups excluding carboxylic acids is 2. The van der Waals surface area contributed by atoms with E-state index >= 15 is 0 Å². The Morgan fingerprint density at radius 1 is 1.21 bits per heavy atom. The minimum atomic E-state index is -2.73. The monoisotopic (exact) mass is 392 g/mol. The molecule has 2 amide bonds. The predicted molar refractivity (Wildman–Crippen MR) is 97.9 cm³/mol. The van der Waals surface area contributed by atoms with Crippen molar-refractivity contribution in [2.75, 3.05) is 24.6 Å². The van der Waals surface area contributed by atoms with Gasteiger partial charge in [-0.15, -0.1) is 0 Å². The van der Waals surface area contributed by atoms with Crippen molar-refractivity contribution < 1.29 is 23.1 Å². The number of amides is 2. The zero-order valence-corrected chi connectivity index (χ0v) is 15.4. The summed E-state index contributed by atoms with van der Waals surface area (Å²) in [5.41, 5.74) is 5.80. The first kappa shape index (κ1) is 18.8. The summed E-state index contributed by atoms with van der Waals surface area (Å²) in [5.74, 6) is -3.21. The van der Waals surface area contributed by atoms with Crippen molar-refractivity contribution in [2.45, 2.75) is 38.0 Å². The SMILES string of the molecule is NC(=O)C(CC1CC1)=NC(=O)c1ccc(N2CC(F)(F)C2)c(OCC2CC2)n1. The van der Waals surface area contributed by atoms with Crippen LogP contribution in [0, 0.1) is 11.8 Å². The fraction of sp³-hybridized carbons (Fsp3) is 0.579. The zero-order chi connectivity index (χ0) is 19.9. The number of nitrogens with zero attached hydrogens (tertiary/aromatic N) is 3. The molecule has 1 aromatic rings. The molecule has 3 fully saturated rings. The van der Waals surface area contributed by atoms with E-state index in [1.54, 1.807) is 0 Å². The van der Waals surface area contributed by atoms with E-state index < -0.39 is 30.8 Å². The van der Waals surface area contributed by atoms with Crippen LogP contribution in [0.3, 0.4) is 0 Å². The Hall–Kier alpha value is -2.58. The van der Waals surface area contributed by atoms with Crippen molar-refractivity contribution in [3.05, 3.63) is 17.8 Å². The Bertz CT molecular complexity index is 826. The van der Waals surface area contributed by atoms with Crippen molar-refractivity contribution in [2.24, 2.45) is 22.6 Å². The number of aromatic nitrogens is 1. The summed E-state index contributed by atoms with van der Waals surface area (Å²) in [6, 6.07) is 2.95. The van der Waals surface area contributed by atoms with Gasteiger partial charge >= 0.3 is 0 Å². The minimum absolute atomic E-state index is 0.00335. The molecule has 9 heteroatoms. The second kappa shape index (κ2) is 7.10. The molecule has 1 saturated heterocycles. The third-order valence-corrected chi connectivity index (χ3v) is 5.10. The highest BCUT2D eigenvalue weighted by molar-refractivity contribution is 6.40. The maximum atomic E-state index is 13.2. The quantitative estimate of drug-likeness (QED) is 0.684. The van der Waals surface area contributed by atoms with Gasteiger partial charge in [0.1, 0.15) is 17.1 Å². The number of primary amides is 1. The van der Waals surface area contributed by atoms with Crippen molar-refractivity contribution in [1.82, 2.24) is 4.98 Å². The Kier molecular flexibility index (Phi) is 4.76. The summed E-state index contributed by atoms with van der Waals surface area (Å²) in [4.78, 5) is 33.6. The molecule has 0 spiro atoms. The van der Waals surface area contributed by atoms with Crippen LogP contribution in [0.2, 0.25) is 0 Å². The molecule has 2 aliphatic carbocycles. The molecule has 0 bridgehead atoms. The number of aliphatic imine (C=N–C) groups is 1. The number of alkyl halides is 2. The Morgan fingerprint density at radius 3 is 2.46 bits per heavy atom. The van der Waals surface area contributed by atoms with Crippen molar-refractivity contribution in [3.8, 4) is 5.88 Å². The van der Waals surface area contributed by atoms with Gasteiger partial charge in [0.15, 0.2) is 0 Å². The summed E-state index contributed by atoms with van der Waals surface area (Å²) in [6.07, 6.45) is 4.49. The van der Waals surface area contributed by atoms with E-state index in [0.29, 0.717) is 30.6 Å². The van der Waals surface area contributed by atoms with E-state index in [-0.39, 0.29) is 17.3 Å². The number of halogens is 2. The van der Waals surface area contributed by atoms with Gasteiger partial charge in [0.2, 0.25) is 5.88 Å².